The Morgan fingerprint density at radius 2 is 2.00 bits per heavy atom. The van der Waals surface area contributed by atoms with Crippen molar-refractivity contribution in [1.82, 2.24) is 10.2 Å². The molecule has 1 N–H and O–H groups in total. The van der Waals surface area contributed by atoms with Gasteiger partial charge < -0.3 is 0 Å². The number of nitrogens with zero attached hydrogens (tertiary/aromatic N) is 1. The van der Waals surface area contributed by atoms with Crippen LogP contribution in [0.1, 0.15) is 25.2 Å². The first-order chi connectivity index (χ1) is 6.74. The van der Waals surface area contributed by atoms with Crippen LogP contribution in [0.5, 0.6) is 0 Å². The molecule has 0 amide bonds. The lowest BCUT2D eigenvalue weighted by molar-refractivity contribution is -0.141. The molecule has 0 atom stereocenters. The summed E-state index contributed by atoms with van der Waals surface area (Å²) in [5.74, 6) is 0. The normalized spacial score (nSPS) is 13.2. The maximum atomic E-state index is 12.2. The fraction of sp³-hybridized carbons (Fsp3) is 0.667. The second kappa shape index (κ2) is 4.15. The summed E-state index contributed by atoms with van der Waals surface area (Å²) in [7, 11) is 0. The summed E-state index contributed by atoms with van der Waals surface area (Å²) in [5.41, 5.74) is -0.440. The van der Waals surface area contributed by atoms with Crippen LogP contribution in [0.2, 0.25) is 0 Å². The Hall–Kier alpha value is -0.520. The fourth-order valence-corrected chi connectivity index (χ4v) is 1.36. The maximum absolute atomic E-state index is 12.2. The van der Waals surface area contributed by atoms with E-state index in [1.54, 1.807) is 0 Å². The van der Waals surface area contributed by atoms with Gasteiger partial charge in [-0.3, -0.25) is 5.10 Å². The molecule has 1 aromatic heterocycles. The van der Waals surface area contributed by atoms with Crippen molar-refractivity contribution >= 4 is 15.9 Å². The van der Waals surface area contributed by atoms with E-state index < -0.39 is 11.9 Å². The molecule has 0 aromatic carbocycles. The van der Waals surface area contributed by atoms with Crippen LogP contribution in [0.25, 0.3) is 0 Å². The zero-order chi connectivity index (χ0) is 11.7. The Balaban J connectivity index is 2.78. The van der Waals surface area contributed by atoms with Crippen LogP contribution in [0.3, 0.4) is 0 Å². The quantitative estimate of drug-likeness (QED) is 0.847. The van der Waals surface area contributed by atoms with Gasteiger partial charge in [-0.2, -0.15) is 18.3 Å². The molecule has 0 radical (unpaired) electrons. The van der Waals surface area contributed by atoms with Gasteiger partial charge in [0.2, 0.25) is 0 Å². The summed E-state index contributed by atoms with van der Waals surface area (Å²) in [6.45, 7) is 3.94. The van der Waals surface area contributed by atoms with E-state index in [4.69, 9.17) is 0 Å². The van der Waals surface area contributed by atoms with E-state index in [1.165, 1.54) is 0 Å². The van der Waals surface area contributed by atoms with E-state index in [0.717, 1.165) is 11.4 Å². The van der Waals surface area contributed by atoms with Crippen LogP contribution in [0.4, 0.5) is 13.2 Å². The van der Waals surface area contributed by atoms with E-state index >= 15 is 0 Å². The number of alkyl halides is 4. The summed E-state index contributed by atoms with van der Waals surface area (Å²) in [6.07, 6.45) is -3.84. The number of H-pyrrole nitrogens is 1. The number of aromatic nitrogens is 2. The molecule has 1 rings (SSSR count). The summed E-state index contributed by atoms with van der Waals surface area (Å²) >= 11 is 3.32. The molecule has 0 saturated heterocycles. The molecule has 1 heterocycles. The van der Waals surface area contributed by atoms with Crippen molar-refractivity contribution in [2.24, 2.45) is 5.41 Å². The van der Waals surface area contributed by atoms with Crippen molar-refractivity contribution in [2.45, 2.75) is 26.4 Å². The number of hydrogen-bond acceptors (Lipinski definition) is 1. The molecular weight excluding hydrogens is 273 g/mol. The Labute approximate surface area is 94.4 Å². The number of halogens is 4. The predicted molar refractivity (Wildman–Crippen MR) is 54.9 cm³/mol. The van der Waals surface area contributed by atoms with Crippen LogP contribution in [0.15, 0.2) is 6.07 Å². The fourth-order valence-electron chi connectivity index (χ4n) is 1.16. The van der Waals surface area contributed by atoms with Crippen molar-refractivity contribution in [3.63, 3.8) is 0 Å². The predicted octanol–water partition coefficient (Wildman–Crippen LogP) is 3.39. The van der Waals surface area contributed by atoms with Crippen molar-refractivity contribution < 1.29 is 13.2 Å². The molecule has 0 saturated carbocycles. The lowest BCUT2D eigenvalue weighted by atomic mass is 9.90. The number of rotatable bonds is 3. The summed E-state index contributed by atoms with van der Waals surface area (Å²) < 4.78 is 36.7. The average molecular weight is 285 g/mol. The lowest BCUT2D eigenvalue weighted by Gasteiger charge is -2.19. The van der Waals surface area contributed by atoms with Gasteiger partial charge in [-0.15, -0.1) is 0 Å². The number of hydrogen-bond donors (Lipinski definition) is 1. The Bertz CT molecular complexity index is 330. The van der Waals surface area contributed by atoms with E-state index in [-0.39, 0.29) is 5.41 Å². The van der Waals surface area contributed by atoms with Crippen LogP contribution >= 0.6 is 15.9 Å². The highest BCUT2D eigenvalue weighted by Gasteiger charge is 2.34. The van der Waals surface area contributed by atoms with Crippen molar-refractivity contribution in [2.75, 3.05) is 5.33 Å². The van der Waals surface area contributed by atoms with Crippen molar-refractivity contribution in [3.05, 3.63) is 17.5 Å². The average Bonchev–Trinajstić information content (AvgIpc) is 2.51. The molecule has 0 unspecified atom stereocenters. The standard InChI is InChI=1S/C9H12BrF3N2/c1-8(2,5-10)4-6-3-7(15-14-6)9(11,12)13/h3H,4-5H2,1-2H3,(H,14,15). The van der Waals surface area contributed by atoms with Crippen LogP contribution in [-0.4, -0.2) is 15.5 Å². The zero-order valence-corrected chi connectivity index (χ0v) is 10.0. The van der Waals surface area contributed by atoms with Gasteiger partial charge >= 0.3 is 6.18 Å². The minimum Gasteiger partial charge on any atom is -0.282 e. The molecule has 1 aromatic rings. The molecule has 6 heteroatoms. The third-order valence-electron chi connectivity index (χ3n) is 1.95. The Morgan fingerprint density at radius 3 is 2.40 bits per heavy atom. The molecule has 15 heavy (non-hydrogen) atoms. The third-order valence-corrected chi connectivity index (χ3v) is 3.47. The first-order valence-corrected chi connectivity index (χ1v) is 5.54. The SMILES string of the molecule is CC(C)(CBr)Cc1cc(C(F)(F)F)n[nH]1. The minimum atomic E-state index is -4.37. The second-order valence-electron chi connectivity index (χ2n) is 4.25. The molecule has 0 spiro atoms. The highest BCUT2D eigenvalue weighted by molar-refractivity contribution is 9.09. The van der Waals surface area contributed by atoms with Crippen LogP contribution < -0.4 is 0 Å². The molecule has 0 fully saturated rings. The topological polar surface area (TPSA) is 28.7 Å². The van der Waals surface area contributed by atoms with Gasteiger partial charge in [0.1, 0.15) is 0 Å². The monoisotopic (exact) mass is 284 g/mol. The molecule has 0 aliphatic heterocycles. The summed E-state index contributed by atoms with van der Waals surface area (Å²) in [6, 6.07) is 1.06. The van der Waals surface area contributed by atoms with Gasteiger partial charge in [0.05, 0.1) is 0 Å². The van der Waals surface area contributed by atoms with E-state index in [1.807, 2.05) is 13.8 Å². The second-order valence-corrected chi connectivity index (χ2v) is 4.81. The smallest absolute Gasteiger partial charge is 0.282 e. The van der Waals surface area contributed by atoms with Gasteiger partial charge in [0.25, 0.3) is 0 Å². The number of nitrogens with one attached hydrogen (secondary N) is 1. The summed E-state index contributed by atoms with van der Waals surface area (Å²) in [5, 5.41) is 6.38. The Kier molecular flexibility index (Phi) is 3.48. The molecule has 0 bridgehead atoms. The largest absolute Gasteiger partial charge is 0.435 e. The lowest BCUT2D eigenvalue weighted by Crippen LogP contribution is -2.16. The van der Waals surface area contributed by atoms with Crippen molar-refractivity contribution in [1.29, 1.82) is 0 Å². The highest BCUT2D eigenvalue weighted by atomic mass is 79.9. The molecular formula is C9H12BrF3N2. The van der Waals surface area contributed by atoms with E-state index in [0.29, 0.717) is 12.1 Å². The first kappa shape index (κ1) is 12.5. The number of aromatic amines is 1. The third kappa shape index (κ3) is 3.52. The summed E-state index contributed by atoms with van der Waals surface area (Å²) in [4.78, 5) is 0. The van der Waals surface area contributed by atoms with E-state index in [9.17, 15) is 13.2 Å². The van der Waals surface area contributed by atoms with Crippen LogP contribution in [0, 0.1) is 5.41 Å². The first-order valence-electron chi connectivity index (χ1n) is 4.42. The zero-order valence-electron chi connectivity index (χ0n) is 8.45. The maximum Gasteiger partial charge on any atom is 0.435 e. The van der Waals surface area contributed by atoms with Crippen LogP contribution in [-0.2, 0) is 12.6 Å². The van der Waals surface area contributed by atoms with E-state index in [2.05, 4.69) is 26.1 Å². The molecule has 0 aliphatic carbocycles. The molecule has 2 nitrogen and oxygen atoms in total. The molecule has 0 aliphatic rings. The van der Waals surface area contributed by atoms with Gasteiger partial charge in [0, 0.05) is 11.0 Å². The van der Waals surface area contributed by atoms with Crippen molar-refractivity contribution in [3.8, 4) is 0 Å². The minimum absolute atomic E-state index is 0.0879. The van der Waals surface area contributed by atoms with Gasteiger partial charge in [-0.1, -0.05) is 29.8 Å². The Morgan fingerprint density at radius 1 is 1.40 bits per heavy atom. The van der Waals surface area contributed by atoms with Gasteiger partial charge in [0.15, 0.2) is 5.69 Å². The highest BCUT2D eigenvalue weighted by Crippen LogP contribution is 2.29. The van der Waals surface area contributed by atoms with Gasteiger partial charge in [-0.25, -0.2) is 0 Å². The van der Waals surface area contributed by atoms with Gasteiger partial charge in [-0.05, 0) is 17.9 Å². The molecule has 86 valence electrons.